The summed E-state index contributed by atoms with van der Waals surface area (Å²) in [4.78, 5) is 15.1. The molecular weight excluding hydrogens is 304 g/mol. The van der Waals surface area contributed by atoms with Gasteiger partial charge < -0.3 is 10.1 Å². The van der Waals surface area contributed by atoms with Crippen LogP contribution in [0.2, 0.25) is 0 Å². The number of amides is 1. The van der Waals surface area contributed by atoms with E-state index in [0.717, 1.165) is 37.0 Å². The van der Waals surface area contributed by atoms with E-state index < -0.39 is 0 Å². The highest BCUT2D eigenvalue weighted by Gasteiger charge is 2.38. The summed E-state index contributed by atoms with van der Waals surface area (Å²) >= 11 is 0. The highest BCUT2D eigenvalue weighted by atomic mass is 16.5. The summed E-state index contributed by atoms with van der Waals surface area (Å²) in [6.07, 6.45) is 1.24. The van der Waals surface area contributed by atoms with Crippen molar-refractivity contribution in [2.24, 2.45) is 5.92 Å². The zero-order valence-corrected chi connectivity index (χ0v) is 14.2. The van der Waals surface area contributed by atoms with Gasteiger partial charge in [0.2, 0.25) is 0 Å². The largest absolute Gasteiger partial charge is 0.375 e. The molecule has 6 heteroatoms. The maximum Gasteiger partial charge on any atom is 0.272 e. The molecule has 1 aromatic carbocycles. The molecular formula is C18H24N4O2. The van der Waals surface area contributed by atoms with E-state index in [0.29, 0.717) is 23.8 Å². The van der Waals surface area contributed by atoms with Gasteiger partial charge in [-0.15, -0.1) is 0 Å². The van der Waals surface area contributed by atoms with Gasteiger partial charge in [0.05, 0.1) is 18.2 Å². The van der Waals surface area contributed by atoms with Crippen LogP contribution in [-0.4, -0.2) is 58.9 Å². The summed E-state index contributed by atoms with van der Waals surface area (Å²) in [5, 5.41) is 11.1. The maximum absolute atomic E-state index is 12.6. The van der Waals surface area contributed by atoms with E-state index >= 15 is 0 Å². The van der Waals surface area contributed by atoms with Crippen molar-refractivity contribution in [2.75, 3.05) is 19.7 Å². The molecule has 1 amide bonds. The third-order valence-corrected chi connectivity index (χ3v) is 5.21. The number of hydrogen-bond acceptors (Lipinski definition) is 4. The summed E-state index contributed by atoms with van der Waals surface area (Å²) in [5.41, 5.74) is 1.37. The smallest absolute Gasteiger partial charge is 0.272 e. The Morgan fingerprint density at radius 1 is 1.38 bits per heavy atom. The molecule has 0 unspecified atom stereocenters. The van der Waals surface area contributed by atoms with Crippen molar-refractivity contribution in [3.8, 4) is 0 Å². The van der Waals surface area contributed by atoms with E-state index in [1.807, 2.05) is 24.3 Å². The van der Waals surface area contributed by atoms with Gasteiger partial charge in [-0.2, -0.15) is 5.10 Å². The van der Waals surface area contributed by atoms with Crippen LogP contribution in [0.3, 0.4) is 0 Å². The first-order chi connectivity index (χ1) is 11.6. The Morgan fingerprint density at radius 3 is 3.04 bits per heavy atom. The number of morpholine rings is 1. The van der Waals surface area contributed by atoms with E-state index in [-0.39, 0.29) is 11.9 Å². The summed E-state index contributed by atoms with van der Waals surface area (Å²) in [5.74, 6) is 0.425. The molecule has 24 heavy (non-hydrogen) atoms. The number of nitrogens with one attached hydrogen (secondary N) is 2. The summed E-state index contributed by atoms with van der Waals surface area (Å²) in [7, 11) is 0. The van der Waals surface area contributed by atoms with Crippen molar-refractivity contribution in [1.29, 1.82) is 0 Å². The number of carbonyl (C=O) groups is 1. The van der Waals surface area contributed by atoms with E-state index in [1.54, 1.807) is 0 Å². The lowest BCUT2D eigenvalue weighted by atomic mass is 10.0. The Hall–Kier alpha value is -1.92. The molecule has 0 aliphatic carbocycles. The second kappa shape index (κ2) is 6.18. The highest BCUT2D eigenvalue weighted by molar-refractivity contribution is 6.04. The lowest BCUT2D eigenvalue weighted by molar-refractivity contribution is -0.0683. The Morgan fingerprint density at radius 2 is 2.21 bits per heavy atom. The molecule has 2 aromatic rings. The van der Waals surface area contributed by atoms with E-state index in [9.17, 15) is 4.79 Å². The van der Waals surface area contributed by atoms with Gasteiger partial charge in [-0.1, -0.05) is 32.0 Å². The first-order valence-corrected chi connectivity index (χ1v) is 8.71. The zero-order valence-electron chi connectivity index (χ0n) is 14.2. The molecule has 1 aromatic heterocycles. The number of para-hydroxylation sites is 1. The average molecular weight is 328 g/mol. The standard InChI is InChI=1S/C18H24N4O2/c1-11(2)16-9-22-8-12(7-13(22)10-24-16)19-18(23)17-14-5-3-4-6-15(14)20-21-17/h3-6,11-13,16H,7-10H2,1-2H3,(H,19,23)(H,20,21)/t12-,13-,16+/m0/s1. The van der Waals surface area contributed by atoms with Crippen molar-refractivity contribution < 1.29 is 9.53 Å². The van der Waals surface area contributed by atoms with Crippen LogP contribution < -0.4 is 5.32 Å². The van der Waals surface area contributed by atoms with Gasteiger partial charge in [-0.25, -0.2) is 0 Å². The first-order valence-electron chi connectivity index (χ1n) is 8.71. The van der Waals surface area contributed by atoms with Crippen LogP contribution in [0, 0.1) is 5.92 Å². The van der Waals surface area contributed by atoms with Gasteiger partial charge in [-0.3, -0.25) is 14.8 Å². The number of aromatic amines is 1. The van der Waals surface area contributed by atoms with Crippen LogP contribution in [0.25, 0.3) is 10.9 Å². The predicted octanol–water partition coefficient (Wildman–Crippen LogP) is 1.79. The Balaban J connectivity index is 1.42. The minimum atomic E-state index is -0.0985. The molecule has 2 aliphatic heterocycles. The van der Waals surface area contributed by atoms with Crippen molar-refractivity contribution in [3.63, 3.8) is 0 Å². The number of carbonyl (C=O) groups excluding carboxylic acids is 1. The number of fused-ring (bicyclic) bond motifs is 2. The van der Waals surface area contributed by atoms with Gasteiger partial charge in [0, 0.05) is 30.6 Å². The number of rotatable bonds is 3. The molecule has 3 atom stereocenters. The second-order valence-corrected chi connectivity index (χ2v) is 7.25. The average Bonchev–Trinajstić information content (AvgIpc) is 3.17. The fourth-order valence-electron chi connectivity index (χ4n) is 3.80. The van der Waals surface area contributed by atoms with Crippen LogP contribution in [0.5, 0.6) is 0 Å². The highest BCUT2D eigenvalue weighted by Crippen LogP contribution is 2.26. The Bertz CT molecular complexity index is 741. The number of H-pyrrole nitrogens is 1. The van der Waals surface area contributed by atoms with Crippen LogP contribution in [0.4, 0.5) is 0 Å². The molecule has 0 bridgehead atoms. The van der Waals surface area contributed by atoms with Gasteiger partial charge >= 0.3 is 0 Å². The maximum atomic E-state index is 12.6. The minimum Gasteiger partial charge on any atom is -0.375 e. The van der Waals surface area contributed by atoms with Gasteiger partial charge in [0.1, 0.15) is 0 Å². The molecule has 2 N–H and O–H groups in total. The molecule has 3 heterocycles. The van der Waals surface area contributed by atoms with Crippen molar-refractivity contribution >= 4 is 16.8 Å². The quantitative estimate of drug-likeness (QED) is 0.901. The number of benzene rings is 1. The monoisotopic (exact) mass is 328 g/mol. The van der Waals surface area contributed by atoms with E-state index in [4.69, 9.17) is 4.74 Å². The fraction of sp³-hybridized carbons (Fsp3) is 0.556. The zero-order chi connectivity index (χ0) is 16.7. The summed E-state index contributed by atoms with van der Waals surface area (Å²) < 4.78 is 5.96. The van der Waals surface area contributed by atoms with Crippen LogP contribution in [0.1, 0.15) is 30.8 Å². The fourth-order valence-corrected chi connectivity index (χ4v) is 3.80. The summed E-state index contributed by atoms with van der Waals surface area (Å²) in [6.45, 7) is 7.01. The molecule has 0 saturated carbocycles. The van der Waals surface area contributed by atoms with Crippen molar-refractivity contribution in [1.82, 2.24) is 20.4 Å². The minimum absolute atomic E-state index is 0.0985. The third-order valence-electron chi connectivity index (χ3n) is 5.21. The predicted molar refractivity (Wildman–Crippen MR) is 91.9 cm³/mol. The summed E-state index contributed by atoms with van der Waals surface area (Å²) in [6, 6.07) is 8.29. The van der Waals surface area contributed by atoms with Crippen molar-refractivity contribution in [2.45, 2.75) is 38.5 Å². The Kier molecular flexibility index (Phi) is 4.02. The molecule has 0 radical (unpaired) electrons. The third kappa shape index (κ3) is 2.80. The Labute approximate surface area is 141 Å². The number of nitrogens with zero attached hydrogens (tertiary/aromatic N) is 2. The lowest BCUT2D eigenvalue weighted by Gasteiger charge is -2.36. The normalized spacial score (nSPS) is 27.5. The number of ether oxygens (including phenoxy) is 1. The van der Waals surface area contributed by atoms with Gasteiger partial charge in [-0.05, 0) is 18.4 Å². The number of aromatic nitrogens is 2. The van der Waals surface area contributed by atoms with Crippen LogP contribution in [0.15, 0.2) is 24.3 Å². The van der Waals surface area contributed by atoms with E-state index in [2.05, 4.69) is 34.3 Å². The molecule has 2 aliphatic rings. The van der Waals surface area contributed by atoms with Crippen LogP contribution >= 0.6 is 0 Å². The molecule has 2 saturated heterocycles. The second-order valence-electron chi connectivity index (χ2n) is 7.25. The molecule has 2 fully saturated rings. The topological polar surface area (TPSA) is 70.2 Å². The SMILES string of the molecule is CC(C)[C@H]1CN2C[C@@H](NC(=O)c3n[nH]c4ccccc34)C[C@H]2CO1. The number of hydrogen-bond donors (Lipinski definition) is 2. The van der Waals surface area contributed by atoms with Gasteiger partial charge in [0.15, 0.2) is 5.69 Å². The van der Waals surface area contributed by atoms with Crippen LogP contribution in [-0.2, 0) is 4.74 Å². The molecule has 128 valence electrons. The van der Waals surface area contributed by atoms with Gasteiger partial charge in [0.25, 0.3) is 5.91 Å². The molecule has 0 spiro atoms. The molecule has 4 rings (SSSR count). The first kappa shape index (κ1) is 15.6. The molecule has 6 nitrogen and oxygen atoms in total. The van der Waals surface area contributed by atoms with E-state index in [1.165, 1.54) is 0 Å². The van der Waals surface area contributed by atoms with Crippen molar-refractivity contribution in [3.05, 3.63) is 30.0 Å². The lowest BCUT2D eigenvalue weighted by Crippen LogP contribution is -2.48.